The second-order valence-electron chi connectivity index (χ2n) is 7.81. The van der Waals surface area contributed by atoms with E-state index in [2.05, 4.69) is 42.9 Å². The number of amides is 1. The van der Waals surface area contributed by atoms with Crippen LogP contribution in [0.3, 0.4) is 0 Å². The lowest BCUT2D eigenvalue weighted by Gasteiger charge is -2.19. The molecule has 2 aromatic carbocycles. The maximum Gasteiger partial charge on any atom is 0.256 e. The van der Waals surface area contributed by atoms with Crippen molar-refractivity contribution in [2.45, 2.75) is 6.92 Å². The fraction of sp³-hybridized carbons (Fsp3) is 0.100. The van der Waals surface area contributed by atoms with E-state index < -0.39 is 0 Å². The summed E-state index contributed by atoms with van der Waals surface area (Å²) < 4.78 is 1.96. The first-order valence-corrected chi connectivity index (χ1v) is 9.89. The van der Waals surface area contributed by atoms with Gasteiger partial charge in [0.05, 0.1) is 23.7 Å². The molecule has 1 N–H and O–H groups in total. The van der Waals surface area contributed by atoms with Gasteiger partial charge in [0.25, 0.3) is 5.91 Å². The molecule has 0 aliphatic heterocycles. The first-order valence-electron chi connectivity index (χ1n) is 9.89. The van der Waals surface area contributed by atoms with Crippen LogP contribution in [0.4, 0.5) is 5.95 Å². The van der Waals surface area contributed by atoms with Gasteiger partial charge < -0.3 is 4.57 Å². The van der Waals surface area contributed by atoms with Gasteiger partial charge in [0.15, 0.2) is 0 Å². The van der Waals surface area contributed by atoms with E-state index in [1.165, 1.54) is 5.56 Å². The molecule has 144 valence electrons. The third kappa shape index (κ3) is 3.32. The van der Waals surface area contributed by atoms with Crippen molar-refractivity contribution in [1.82, 2.24) is 19.5 Å². The number of nitrogens with one attached hydrogen (secondary N) is 1. The minimum absolute atomic E-state index is 0.182. The van der Waals surface area contributed by atoms with Crippen molar-refractivity contribution >= 4 is 76.0 Å². The van der Waals surface area contributed by atoms with Gasteiger partial charge in [-0.3, -0.25) is 10.1 Å². The number of aromatic nitrogens is 4. The largest absolute Gasteiger partial charge is 0.334 e. The Kier molecular flexibility index (Phi) is 5.02. The smallest absolute Gasteiger partial charge is 0.256 e. The minimum atomic E-state index is -0.182. The van der Waals surface area contributed by atoms with Crippen LogP contribution in [0.25, 0.3) is 22.2 Å². The average molecular weight is 391 g/mol. The predicted octanol–water partition coefficient (Wildman–Crippen LogP) is -3.38. The normalized spacial score (nSPS) is 11.0. The zero-order chi connectivity index (χ0) is 21.6. The van der Waals surface area contributed by atoms with Crippen molar-refractivity contribution in [3.05, 3.63) is 48.0 Å². The minimum Gasteiger partial charge on any atom is -0.334 e. The molecule has 2 heterocycles. The zero-order valence-electron chi connectivity index (χ0n) is 18.2. The molecule has 0 aliphatic carbocycles. The SMILES string of the molecule is Bc1c(B)c(C(=O)Nc2ncc3ccc(-c4cncn4C)cc3n2)c(B)c(B)c1C. The van der Waals surface area contributed by atoms with Crippen LogP contribution < -0.4 is 27.2 Å². The van der Waals surface area contributed by atoms with E-state index in [0.717, 1.165) is 44.0 Å². The summed E-state index contributed by atoms with van der Waals surface area (Å²) in [5, 5.41) is 3.80. The molecule has 0 aliphatic rings. The van der Waals surface area contributed by atoms with E-state index in [1.54, 1.807) is 12.5 Å². The fourth-order valence-corrected chi connectivity index (χ4v) is 3.88. The molecule has 4 rings (SSSR count). The summed E-state index contributed by atoms with van der Waals surface area (Å²) in [6, 6.07) is 5.98. The molecular weight excluding hydrogens is 370 g/mol. The van der Waals surface area contributed by atoms with Crippen LogP contribution in [0, 0.1) is 6.92 Å². The molecule has 2 aromatic heterocycles. The Balaban J connectivity index is 1.71. The Hall–Kier alpha value is -3.28. The lowest BCUT2D eigenvalue weighted by Crippen LogP contribution is -2.49. The van der Waals surface area contributed by atoms with Crippen molar-refractivity contribution in [2.24, 2.45) is 7.05 Å². The van der Waals surface area contributed by atoms with Crippen molar-refractivity contribution in [3.8, 4) is 11.3 Å². The van der Waals surface area contributed by atoms with E-state index in [-0.39, 0.29) is 5.91 Å². The molecule has 0 spiro atoms. The summed E-state index contributed by atoms with van der Waals surface area (Å²) in [6.45, 7) is 2.10. The lowest BCUT2D eigenvalue weighted by atomic mass is 9.64. The lowest BCUT2D eigenvalue weighted by molar-refractivity contribution is 0.102. The summed E-state index contributed by atoms with van der Waals surface area (Å²) in [5.74, 6) is 0.114. The monoisotopic (exact) mass is 391 g/mol. The van der Waals surface area contributed by atoms with Gasteiger partial charge in [-0.25, -0.2) is 15.0 Å². The quantitative estimate of drug-likeness (QED) is 0.371. The number of rotatable bonds is 3. The predicted molar refractivity (Wildman–Crippen MR) is 134 cm³/mol. The summed E-state index contributed by atoms with van der Waals surface area (Å²) in [4.78, 5) is 26.2. The van der Waals surface area contributed by atoms with Gasteiger partial charge in [-0.15, -0.1) is 0 Å². The Labute approximate surface area is 179 Å². The van der Waals surface area contributed by atoms with Crippen LogP contribution >= 0.6 is 0 Å². The molecule has 1 amide bonds. The van der Waals surface area contributed by atoms with Crippen LogP contribution in [0.1, 0.15) is 15.9 Å². The second-order valence-corrected chi connectivity index (χ2v) is 7.81. The molecular formula is C20H21B4N5O. The molecule has 0 radical (unpaired) electrons. The van der Waals surface area contributed by atoms with E-state index in [9.17, 15) is 4.79 Å². The highest BCUT2D eigenvalue weighted by atomic mass is 16.1. The highest BCUT2D eigenvalue weighted by Gasteiger charge is 2.18. The molecule has 10 heteroatoms. The number of carbonyl (C=O) groups excluding carboxylic acids is 1. The van der Waals surface area contributed by atoms with E-state index in [1.807, 2.05) is 51.7 Å². The highest BCUT2D eigenvalue weighted by molar-refractivity contribution is 6.60. The summed E-state index contributed by atoms with van der Waals surface area (Å²) in [7, 11) is 10.0. The average Bonchev–Trinajstić information content (AvgIpc) is 3.16. The van der Waals surface area contributed by atoms with Gasteiger partial charge in [-0.1, -0.05) is 39.5 Å². The number of fused-ring (bicyclic) bond motifs is 1. The Morgan fingerprint density at radius 3 is 2.37 bits per heavy atom. The number of anilines is 1. The van der Waals surface area contributed by atoms with Gasteiger partial charge in [-0.05, 0) is 13.0 Å². The van der Waals surface area contributed by atoms with Gasteiger partial charge in [0.1, 0.15) is 31.4 Å². The maximum atomic E-state index is 13.1. The van der Waals surface area contributed by atoms with Crippen molar-refractivity contribution in [2.75, 3.05) is 5.32 Å². The topological polar surface area (TPSA) is 72.7 Å². The van der Waals surface area contributed by atoms with Crippen molar-refractivity contribution in [3.63, 3.8) is 0 Å². The Bertz CT molecular complexity index is 1290. The number of hydrogen-bond acceptors (Lipinski definition) is 4. The third-order valence-corrected chi connectivity index (χ3v) is 6.15. The van der Waals surface area contributed by atoms with Gasteiger partial charge >= 0.3 is 0 Å². The first-order chi connectivity index (χ1) is 14.3. The highest BCUT2D eigenvalue weighted by Crippen LogP contribution is 2.23. The van der Waals surface area contributed by atoms with E-state index >= 15 is 0 Å². The van der Waals surface area contributed by atoms with E-state index in [4.69, 9.17) is 0 Å². The van der Waals surface area contributed by atoms with Gasteiger partial charge in [0, 0.05) is 29.8 Å². The molecule has 4 aromatic rings. The van der Waals surface area contributed by atoms with Crippen LogP contribution in [0.2, 0.25) is 0 Å². The fourth-order valence-electron chi connectivity index (χ4n) is 3.88. The number of hydrogen-bond donors (Lipinski definition) is 1. The van der Waals surface area contributed by atoms with Gasteiger partial charge in [-0.2, -0.15) is 0 Å². The van der Waals surface area contributed by atoms with Crippen LogP contribution in [0.5, 0.6) is 0 Å². The molecule has 0 atom stereocenters. The maximum absolute atomic E-state index is 13.1. The van der Waals surface area contributed by atoms with Crippen molar-refractivity contribution < 1.29 is 4.79 Å². The zero-order valence-corrected chi connectivity index (χ0v) is 18.2. The Morgan fingerprint density at radius 2 is 1.73 bits per heavy atom. The number of benzene rings is 2. The summed E-state index contributed by atoms with van der Waals surface area (Å²) in [6.07, 6.45) is 5.32. The number of nitrogens with zero attached hydrogens (tertiary/aromatic N) is 4. The number of aryl methyl sites for hydroxylation is 1. The van der Waals surface area contributed by atoms with E-state index in [0.29, 0.717) is 11.5 Å². The first kappa shape index (κ1) is 20.0. The third-order valence-electron chi connectivity index (χ3n) is 6.15. The molecule has 0 saturated heterocycles. The van der Waals surface area contributed by atoms with Crippen LogP contribution in [-0.4, -0.2) is 56.8 Å². The Morgan fingerprint density at radius 1 is 1.03 bits per heavy atom. The second kappa shape index (κ2) is 7.52. The molecule has 0 fully saturated rings. The molecule has 30 heavy (non-hydrogen) atoms. The number of imidazole rings is 1. The van der Waals surface area contributed by atoms with Crippen LogP contribution in [-0.2, 0) is 7.05 Å². The number of carbonyl (C=O) groups is 1. The van der Waals surface area contributed by atoms with Gasteiger partial charge in [0.2, 0.25) is 5.95 Å². The summed E-state index contributed by atoms with van der Waals surface area (Å²) in [5.41, 5.74) is 8.97. The standard InChI is InChI=1S/C20H21B4N5O/c1-9-15(21)17(23)14(18(24)16(9)22)19(30)28-20-26-6-11-4-3-10(5-12(11)27-20)13-7-25-8-29(13)2/h3-8H,21-24H2,1-2H3,(H,26,27,28,30). The van der Waals surface area contributed by atoms with Crippen molar-refractivity contribution in [1.29, 1.82) is 0 Å². The molecule has 0 bridgehead atoms. The van der Waals surface area contributed by atoms with Crippen LogP contribution in [0.15, 0.2) is 36.9 Å². The molecule has 0 saturated carbocycles. The summed E-state index contributed by atoms with van der Waals surface area (Å²) >= 11 is 0. The molecule has 6 nitrogen and oxygen atoms in total. The molecule has 0 unspecified atom stereocenters.